The van der Waals surface area contributed by atoms with E-state index in [-0.39, 0.29) is 5.78 Å². The van der Waals surface area contributed by atoms with Gasteiger partial charge in [0.2, 0.25) is 0 Å². The number of pyridine rings is 1. The van der Waals surface area contributed by atoms with E-state index in [1.165, 1.54) is 64.8 Å². The number of hydrogen-bond acceptors (Lipinski definition) is 6. The van der Waals surface area contributed by atoms with E-state index in [4.69, 9.17) is 0 Å². The summed E-state index contributed by atoms with van der Waals surface area (Å²) in [7, 11) is 0. The highest BCUT2D eigenvalue weighted by molar-refractivity contribution is 5.98. The lowest BCUT2D eigenvalue weighted by Gasteiger charge is -2.41. The van der Waals surface area contributed by atoms with Gasteiger partial charge >= 0.3 is 0 Å². The minimum absolute atomic E-state index is 0.0625. The van der Waals surface area contributed by atoms with Gasteiger partial charge in [0.1, 0.15) is 5.69 Å². The molecule has 3 heterocycles. The smallest absolute Gasteiger partial charge is 0.161 e. The molecule has 6 heteroatoms. The molecule has 1 saturated heterocycles. The minimum atomic E-state index is 0.0625. The van der Waals surface area contributed by atoms with Crippen molar-refractivity contribution in [1.29, 1.82) is 0 Å². The molecule has 2 aromatic rings. The molecule has 0 aliphatic carbocycles. The average molecular weight is 552 g/mol. The van der Waals surface area contributed by atoms with E-state index in [9.17, 15) is 4.79 Å². The number of carbonyl (C=O) groups excluding carboxylic acids is 1. The first-order valence-electron chi connectivity index (χ1n) is 15.7. The third-order valence-electron chi connectivity index (χ3n) is 7.52. The second-order valence-electron chi connectivity index (χ2n) is 10.9. The number of carbonyl (C=O) groups is 1. The van der Waals surface area contributed by atoms with Gasteiger partial charge in [0, 0.05) is 36.1 Å². The fourth-order valence-corrected chi connectivity index (χ4v) is 5.06. The van der Waals surface area contributed by atoms with Crippen LogP contribution in [-0.2, 0) is 0 Å². The Balaban J connectivity index is 0.000000307. The zero-order valence-corrected chi connectivity index (χ0v) is 27.1. The van der Waals surface area contributed by atoms with Gasteiger partial charge in [-0.2, -0.15) is 0 Å². The largest absolute Gasteiger partial charge is 0.297 e. The van der Waals surface area contributed by atoms with Crippen molar-refractivity contribution in [3.63, 3.8) is 0 Å². The van der Waals surface area contributed by atoms with Crippen molar-refractivity contribution in [1.82, 2.24) is 19.9 Å². The number of aliphatic imine (C=N–C) groups is 1. The molecule has 0 radical (unpaired) electrons. The third kappa shape index (κ3) is 12.8. The maximum atomic E-state index is 10.7. The van der Waals surface area contributed by atoms with E-state index >= 15 is 0 Å². The van der Waals surface area contributed by atoms with E-state index in [0.717, 1.165) is 60.0 Å². The highest BCUT2D eigenvalue weighted by atomic mass is 16.1. The topological polar surface area (TPSA) is 71.3 Å². The van der Waals surface area contributed by atoms with E-state index in [2.05, 4.69) is 59.5 Å². The molecule has 0 saturated carbocycles. The van der Waals surface area contributed by atoms with Crippen LogP contribution in [0.15, 0.2) is 29.5 Å². The van der Waals surface area contributed by atoms with Crippen molar-refractivity contribution in [2.75, 3.05) is 13.1 Å². The Bertz CT molecular complexity index is 996. The van der Waals surface area contributed by atoms with E-state index in [0.29, 0.717) is 5.56 Å². The van der Waals surface area contributed by atoms with Crippen LogP contribution in [0.1, 0.15) is 139 Å². The molecule has 3 rings (SSSR count). The predicted molar refractivity (Wildman–Crippen MR) is 171 cm³/mol. The summed E-state index contributed by atoms with van der Waals surface area (Å²) >= 11 is 0. The van der Waals surface area contributed by atoms with Gasteiger partial charge in [-0.3, -0.25) is 24.7 Å². The molecule has 0 bridgehead atoms. The molecule has 2 aromatic heterocycles. The summed E-state index contributed by atoms with van der Waals surface area (Å²) in [5.41, 5.74) is 5.58. The molecule has 1 aliphatic rings. The molecule has 0 amide bonds. The number of aromatic nitrogens is 3. The molecule has 1 aliphatic heterocycles. The van der Waals surface area contributed by atoms with Crippen LogP contribution >= 0.6 is 0 Å². The SMILES string of the molecule is CC(=O)c1ccc(C)nc1.CCCC(CCC)N1CCCCC1CC.CCCN=C(CC)c1cnc(C)c(C)n1. The Morgan fingerprint density at radius 2 is 1.65 bits per heavy atom. The summed E-state index contributed by atoms with van der Waals surface area (Å²) in [5.74, 6) is 0.0625. The molecule has 224 valence electrons. The average Bonchev–Trinajstić information content (AvgIpc) is 2.96. The van der Waals surface area contributed by atoms with Gasteiger partial charge in [-0.1, -0.05) is 53.9 Å². The van der Waals surface area contributed by atoms with Gasteiger partial charge in [0.25, 0.3) is 0 Å². The van der Waals surface area contributed by atoms with Gasteiger partial charge in [-0.15, -0.1) is 0 Å². The minimum Gasteiger partial charge on any atom is -0.297 e. The van der Waals surface area contributed by atoms with Crippen LogP contribution in [0.2, 0.25) is 0 Å². The molecule has 1 unspecified atom stereocenters. The lowest BCUT2D eigenvalue weighted by Crippen LogP contribution is -2.45. The van der Waals surface area contributed by atoms with E-state index in [1.54, 1.807) is 12.3 Å². The molecular formula is C34H57N5O. The lowest BCUT2D eigenvalue weighted by atomic mass is 9.94. The van der Waals surface area contributed by atoms with Crippen LogP contribution in [0.25, 0.3) is 0 Å². The summed E-state index contributed by atoms with van der Waals surface area (Å²) in [6.07, 6.45) is 16.6. The summed E-state index contributed by atoms with van der Waals surface area (Å²) in [6.45, 7) is 20.9. The summed E-state index contributed by atoms with van der Waals surface area (Å²) in [5, 5.41) is 0. The van der Waals surface area contributed by atoms with Crippen LogP contribution in [0, 0.1) is 20.8 Å². The Labute approximate surface area is 245 Å². The maximum Gasteiger partial charge on any atom is 0.161 e. The van der Waals surface area contributed by atoms with Crippen molar-refractivity contribution < 1.29 is 4.79 Å². The van der Waals surface area contributed by atoms with Crippen molar-refractivity contribution in [3.05, 3.63) is 52.9 Å². The van der Waals surface area contributed by atoms with Crippen LogP contribution in [0.4, 0.5) is 0 Å². The Hall–Kier alpha value is -2.47. The van der Waals surface area contributed by atoms with Gasteiger partial charge in [-0.05, 0) is 91.3 Å². The number of rotatable bonds is 11. The monoisotopic (exact) mass is 551 g/mol. The van der Waals surface area contributed by atoms with E-state index in [1.807, 2.05) is 33.0 Å². The molecule has 0 N–H and O–H groups in total. The zero-order chi connectivity index (χ0) is 29.9. The first kappa shape index (κ1) is 35.6. The number of hydrogen-bond donors (Lipinski definition) is 0. The van der Waals surface area contributed by atoms with Gasteiger partial charge < -0.3 is 0 Å². The van der Waals surface area contributed by atoms with Crippen molar-refractivity contribution >= 4 is 11.5 Å². The molecule has 40 heavy (non-hydrogen) atoms. The predicted octanol–water partition coefficient (Wildman–Crippen LogP) is 8.51. The third-order valence-corrected chi connectivity index (χ3v) is 7.52. The zero-order valence-electron chi connectivity index (χ0n) is 27.1. The standard InChI is InChI=1S/C14H29N.C12H19N3.C8H9NO/c1-4-9-14(10-5-2)15-12-8-7-11-13(15)6-3;1-5-7-13-11(6-2)12-8-14-9(3)10(4)15-12;1-6-3-4-8(5-9-6)7(2)10/h13-14H,4-12H2,1-3H3;8H,5-7H2,1-4H3;3-5H,1-2H3. The van der Waals surface area contributed by atoms with Crippen molar-refractivity contribution in [2.45, 2.75) is 139 Å². The summed E-state index contributed by atoms with van der Waals surface area (Å²) in [4.78, 5) is 30.9. The first-order valence-corrected chi connectivity index (χ1v) is 15.7. The molecule has 1 fully saturated rings. The molecule has 0 spiro atoms. The molecular weight excluding hydrogens is 494 g/mol. The number of likely N-dealkylation sites (tertiary alicyclic amines) is 1. The summed E-state index contributed by atoms with van der Waals surface area (Å²) in [6, 6.07) is 5.38. The number of piperidine rings is 1. The Morgan fingerprint density at radius 3 is 2.15 bits per heavy atom. The highest BCUT2D eigenvalue weighted by Crippen LogP contribution is 2.25. The molecule has 6 nitrogen and oxygen atoms in total. The normalized spacial score (nSPS) is 15.7. The fraction of sp³-hybridized carbons (Fsp3) is 0.676. The number of nitrogens with zero attached hydrogens (tertiary/aromatic N) is 5. The fourth-order valence-electron chi connectivity index (χ4n) is 5.06. The van der Waals surface area contributed by atoms with Gasteiger partial charge in [0.05, 0.1) is 23.3 Å². The van der Waals surface area contributed by atoms with Crippen molar-refractivity contribution in [2.24, 2.45) is 4.99 Å². The van der Waals surface area contributed by atoms with Gasteiger partial charge in [-0.25, -0.2) is 4.98 Å². The Morgan fingerprint density at radius 1 is 0.950 bits per heavy atom. The molecule has 0 aromatic carbocycles. The summed E-state index contributed by atoms with van der Waals surface area (Å²) < 4.78 is 0. The quantitative estimate of drug-likeness (QED) is 0.207. The second kappa shape index (κ2) is 20.4. The molecule has 1 atom stereocenters. The number of Topliss-reactive ketones (excluding diaryl/α,β-unsaturated/α-hetero) is 1. The maximum absolute atomic E-state index is 10.7. The second-order valence-corrected chi connectivity index (χ2v) is 10.9. The lowest BCUT2D eigenvalue weighted by molar-refractivity contribution is 0.0807. The van der Waals surface area contributed by atoms with E-state index < -0.39 is 0 Å². The van der Waals surface area contributed by atoms with Crippen LogP contribution in [0.5, 0.6) is 0 Å². The van der Waals surface area contributed by atoms with Gasteiger partial charge in [0.15, 0.2) is 5.78 Å². The van der Waals surface area contributed by atoms with Crippen LogP contribution in [-0.4, -0.2) is 56.5 Å². The van der Waals surface area contributed by atoms with Crippen LogP contribution < -0.4 is 0 Å². The van der Waals surface area contributed by atoms with Crippen LogP contribution in [0.3, 0.4) is 0 Å². The first-order chi connectivity index (χ1) is 19.2. The number of ketones is 1. The Kier molecular flexibility index (Phi) is 18.1. The van der Waals surface area contributed by atoms with Crippen molar-refractivity contribution in [3.8, 4) is 0 Å². The number of aryl methyl sites for hydroxylation is 3. The highest BCUT2D eigenvalue weighted by Gasteiger charge is 2.26.